The van der Waals surface area contributed by atoms with Crippen LogP contribution >= 0.6 is 11.8 Å². The lowest BCUT2D eigenvalue weighted by Gasteiger charge is -2.29. The molecular weight excluding hydrogens is 434 g/mol. The van der Waals surface area contributed by atoms with Crippen LogP contribution in [0.1, 0.15) is 26.3 Å². The Kier molecular flexibility index (Phi) is 6.37. The van der Waals surface area contributed by atoms with Gasteiger partial charge in [0.1, 0.15) is 6.54 Å². The van der Waals surface area contributed by atoms with Crippen LogP contribution in [0, 0.1) is 0 Å². The Balaban J connectivity index is 1.54. The van der Waals surface area contributed by atoms with E-state index in [1.54, 1.807) is 12.1 Å². The number of aromatic nitrogens is 3. The Labute approximate surface area is 197 Å². The molecule has 2 heterocycles. The first-order valence-electron chi connectivity index (χ1n) is 10.7. The van der Waals surface area contributed by atoms with Gasteiger partial charge in [0, 0.05) is 12.1 Å². The number of amides is 2. The lowest BCUT2D eigenvalue weighted by atomic mass is 9.87. The highest BCUT2D eigenvalue weighted by Crippen LogP contribution is 2.31. The van der Waals surface area contributed by atoms with E-state index >= 15 is 0 Å². The van der Waals surface area contributed by atoms with Crippen molar-refractivity contribution in [1.29, 1.82) is 0 Å². The first-order chi connectivity index (χ1) is 15.8. The number of nitrogens with zero attached hydrogens (tertiary/aromatic N) is 4. The second-order valence-corrected chi connectivity index (χ2v) is 9.81. The van der Waals surface area contributed by atoms with E-state index < -0.39 is 0 Å². The van der Waals surface area contributed by atoms with Crippen LogP contribution in [0.25, 0.3) is 11.4 Å². The topological polar surface area (TPSA) is 80.1 Å². The number of nitrogens with one attached hydrogen (secondary N) is 1. The highest BCUT2D eigenvalue weighted by Gasteiger charge is 2.27. The summed E-state index contributed by atoms with van der Waals surface area (Å²) in [6.45, 7) is 10.9. The molecule has 170 valence electrons. The molecule has 0 aliphatic carbocycles. The van der Waals surface area contributed by atoms with Crippen LogP contribution in [-0.4, -0.2) is 38.9 Å². The monoisotopic (exact) mass is 461 g/mol. The van der Waals surface area contributed by atoms with Crippen LogP contribution in [0.15, 0.2) is 66.3 Å². The summed E-state index contributed by atoms with van der Waals surface area (Å²) in [5.41, 5.74) is 3.61. The van der Waals surface area contributed by atoms with E-state index in [2.05, 4.69) is 55.0 Å². The molecule has 3 aromatic rings. The van der Waals surface area contributed by atoms with E-state index in [9.17, 15) is 9.59 Å². The third-order valence-electron chi connectivity index (χ3n) is 5.43. The van der Waals surface area contributed by atoms with Crippen LogP contribution in [0.3, 0.4) is 0 Å². The molecule has 0 spiro atoms. The standard InChI is InChI=1S/C25H27N5O2S/c1-5-14-29-23(17-10-12-18(13-11-17)25(2,3)4)27-28-24(29)33-16-22(32)30-15-21(31)26-19-8-6-7-9-20(19)30/h5-13H,1,14-16H2,2-4H3,(H,26,31). The summed E-state index contributed by atoms with van der Waals surface area (Å²) in [4.78, 5) is 26.6. The summed E-state index contributed by atoms with van der Waals surface area (Å²) in [5, 5.41) is 12.2. The summed E-state index contributed by atoms with van der Waals surface area (Å²) in [6.07, 6.45) is 1.79. The fourth-order valence-electron chi connectivity index (χ4n) is 3.68. The van der Waals surface area contributed by atoms with Crippen molar-refractivity contribution in [3.05, 3.63) is 66.7 Å². The summed E-state index contributed by atoms with van der Waals surface area (Å²) in [7, 11) is 0. The number of thioether (sulfide) groups is 1. The van der Waals surface area contributed by atoms with Gasteiger partial charge in [-0.25, -0.2) is 0 Å². The van der Waals surface area contributed by atoms with Crippen molar-refractivity contribution < 1.29 is 9.59 Å². The molecule has 4 rings (SSSR count). The molecule has 2 amide bonds. The van der Waals surface area contributed by atoms with Crippen molar-refractivity contribution in [2.45, 2.75) is 37.9 Å². The van der Waals surface area contributed by atoms with Crippen molar-refractivity contribution in [3.63, 3.8) is 0 Å². The van der Waals surface area contributed by atoms with Crippen molar-refractivity contribution in [2.75, 3.05) is 22.5 Å². The van der Waals surface area contributed by atoms with E-state index in [-0.39, 0.29) is 29.5 Å². The number of hydrogen-bond donors (Lipinski definition) is 1. The van der Waals surface area contributed by atoms with Crippen molar-refractivity contribution in [3.8, 4) is 11.4 Å². The Bertz CT molecular complexity index is 1190. The quantitative estimate of drug-likeness (QED) is 0.432. The number of carbonyl (C=O) groups is 2. The van der Waals surface area contributed by atoms with Gasteiger partial charge in [0.05, 0.1) is 17.1 Å². The maximum atomic E-state index is 13.0. The molecule has 0 bridgehead atoms. The normalized spacial score (nSPS) is 13.4. The smallest absolute Gasteiger partial charge is 0.244 e. The van der Waals surface area contributed by atoms with E-state index in [1.165, 1.54) is 22.2 Å². The maximum Gasteiger partial charge on any atom is 0.244 e. The van der Waals surface area contributed by atoms with Crippen LogP contribution in [0.4, 0.5) is 11.4 Å². The number of anilines is 2. The Morgan fingerprint density at radius 2 is 1.88 bits per heavy atom. The van der Waals surface area contributed by atoms with Crippen molar-refractivity contribution in [2.24, 2.45) is 0 Å². The molecule has 0 fully saturated rings. The largest absolute Gasteiger partial charge is 0.323 e. The van der Waals surface area contributed by atoms with Crippen LogP contribution < -0.4 is 10.2 Å². The zero-order chi connectivity index (χ0) is 23.6. The summed E-state index contributed by atoms with van der Waals surface area (Å²) >= 11 is 1.31. The van der Waals surface area contributed by atoms with Gasteiger partial charge in [-0.05, 0) is 23.1 Å². The van der Waals surface area contributed by atoms with Crippen LogP contribution in [0.5, 0.6) is 0 Å². The molecule has 1 aromatic heterocycles. The third-order valence-corrected chi connectivity index (χ3v) is 6.39. The molecule has 0 radical (unpaired) electrons. The van der Waals surface area contributed by atoms with Gasteiger partial charge in [-0.1, -0.05) is 75.0 Å². The number of carbonyl (C=O) groups excluding carboxylic acids is 2. The number of rotatable bonds is 6. The van der Waals surface area contributed by atoms with Gasteiger partial charge in [0.25, 0.3) is 0 Å². The lowest BCUT2D eigenvalue weighted by molar-refractivity contribution is -0.120. The fourth-order valence-corrected chi connectivity index (χ4v) is 4.51. The summed E-state index contributed by atoms with van der Waals surface area (Å²) in [6, 6.07) is 15.6. The second-order valence-electron chi connectivity index (χ2n) is 8.87. The highest BCUT2D eigenvalue weighted by atomic mass is 32.2. The average molecular weight is 462 g/mol. The van der Waals surface area contributed by atoms with Gasteiger partial charge in [0.15, 0.2) is 11.0 Å². The molecule has 0 unspecified atom stereocenters. The van der Waals surface area contributed by atoms with Crippen molar-refractivity contribution >= 4 is 35.0 Å². The zero-order valence-corrected chi connectivity index (χ0v) is 19.9. The summed E-state index contributed by atoms with van der Waals surface area (Å²) in [5.74, 6) is 0.502. The molecular formula is C25H27N5O2S. The first-order valence-corrected chi connectivity index (χ1v) is 11.7. The zero-order valence-electron chi connectivity index (χ0n) is 19.0. The second kappa shape index (κ2) is 9.23. The fraction of sp³-hybridized carbons (Fsp3) is 0.280. The summed E-state index contributed by atoms with van der Waals surface area (Å²) < 4.78 is 1.95. The average Bonchev–Trinajstić information content (AvgIpc) is 3.19. The molecule has 33 heavy (non-hydrogen) atoms. The number of allylic oxidation sites excluding steroid dienone is 1. The number of benzene rings is 2. The Morgan fingerprint density at radius 3 is 2.58 bits per heavy atom. The van der Waals surface area contributed by atoms with Crippen molar-refractivity contribution in [1.82, 2.24) is 14.8 Å². The van der Waals surface area contributed by atoms with E-state index in [1.807, 2.05) is 34.9 Å². The molecule has 1 aliphatic heterocycles. The van der Waals surface area contributed by atoms with Gasteiger partial charge < -0.3 is 10.2 Å². The minimum absolute atomic E-state index is 0.00112. The van der Waals surface area contributed by atoms with Gasteiger partial charge in [-0.15, -0.1) is 16.8 Å². The molecule has 1 aliphatic rings. The third kappa shape index (κ3) is 4.85. The molecule has 8 heteroatoms. The number of fused-ring (bicyclic) bond motifs is 1. The predicted octanol–water partition coefficient (Wildman–Crippen LogP) is 4.51. The first kappa shape index (κ1) is 22.8. The highest BCUT2D eigenvalue weighted by molar-refractivity contribution is 7.99. The SMILES string of the molecule is C=CCn1c(SCC(=O)N2CC(=O)Nc3ccccc32)nnc1-c1ccc(C(C)(C)C)cc1. The molecule has 0 saturated heterocycles. The number of hydrogen-bond acceptors (Lipinski definition) is 5. The maximum absolute atomic E-state index is 13.0. The predicted molar refractivity (Wildman–Crippen MR) is 133 cm³/mol. The molecule has 7 nitrogen and oxygen atoms in total. The van der Waals surface area contributed by atoms with Gasteiger partial charge >= 0.3 is 0 Å². The van der Waals surface area contributed by atoms with Gasteiger partial charge in [0.2, 0.25) is 11.8 Å². The minimum atomic E-state index is -0.206. The Hall–Kier alpha value is -3.39. The Morgan fingerprint density at radius 1 is 1.15 bits per heavy atom. The van der Waals surface area contributed by atoms with Gasteiger partial charge in [-0.2, -0.15) is 0 Å². The minimum Gasteiger partial charge on any atom is -0.323 e. The van der Waals surface area contributed by atoms with Crippen LogP contribution in [0.2, 0.25) is 0 Å². The molecule has 0 atom stereocenters. The molecule has 2 aromatic carbocycles. The van der Waals surface area contributed by atoms with E-state index in [4.69, 9.17) is 0 Å². The van der Waals surface area contributed by atoms with E-state index in [0.29, 0.717) is 23.1 Å². The van der Waals surface area contributed by atoms with Gasteiger partial charge in [-0.3, -0.25) is 14.2 Å². The number of para-hydroxylation sites is 2. The lowest BCUT2D eigenvalue weighted by Crippen LogP contribution is -2.43. The molecule has 1 N–H and O–H groups in total. The molecule has 0 saturated carbocycles. The van der Waals surface area contributed by atoms with Crippen LogP contribution in [-0.2, 0) is 21.5 Å². The van der Waals surface area contributed by atoms with E-state index in [0.717, 1.165) is 11.4 Å².